The Labute approximate surface area is 217 Å². The predicted molar refractivity (Wildman–Crippen MR) is 140 cm³/mol. The number of fused-ring (bicyclic) bond motifs is 1. The molecule has 0 radical (unpaired) electrons. The summed E-state index contributed by atoms with van der Waals surface area (Å²) < 4.78 is 3.12. The number of carbonyl (C=O) groups excluding carboxylic acids is 3. The van der Waals surface area contributed by atoms with Gasteiger partial charge in [-0.25, -0.2) is 4.72 Å². The van der Waals surface area contributed by atoms with Crippen molar-refractivity contribution >= 4 is 47.4 Å². The highest BCUT2D eigenvalue weighted by atomic mass is 32.2. The first-order chi connectivity index (χ1) is 18.0. The van der Waals surface area contributed by atoms with Crippen LogP contribution in [0.25, 0.3) is 0 Å². The van der Waals surface area contributed by atoms with Crippen LogP contribution in [0.1, 0.15) is 17.5 Å². The number of amides is 2. The zero-order chi connectivity index (χ0) is 26.2. The Hall–Kier alpha value is -4.28. The lowest BCUT2D eigenvalue weighted by Crippen LogP contribution is -2.49. The Morgan fingerprint density at radius 2 is 1.65 bits per heavy atom. The standard InChI is InChI=1S/C27H24N4O5S/c32-17-19(15-24(34)35)28-23(33)16-31-22-14-8-7-13-21(22)25(18-9-3-1-4-10-18)29-26(27(31)36)30-37-20-11-5-2-6-12-20/h1-14,17,19,26,30H,15-16H2,(H,28,33)(H,34,35). The van der Waals surface area contributed by atoms with Gasteiger partial charge in [0.25, 0.3) is 5.91 Å². The maximum absolute atomic E-state index is 13.8. The van der Waals surface area contributed by atoms with Crippen molar-refractivity contribution in [3.05, 3.63) is 96.1 Å². The van der Waals surface area contributed by atoms with E-state index in [9.17, 15) is 19.2 Å². The van der Waals surface area contributed by atoms with Crippen molar-refractivity contribution in [3.8, 4) is 0 Å². The van der Waals surface area contributed by atoms with Gasteiger partial charge in [-0.2, -0.15) is 0 Å². The molecule has 2 amide bonds. The number of aliphatic carboxylic acids is 1. The molecule has 1 aliphatic rings. The molecule has 3 aromatic carbocycles. The molecule has 3 aromatic rings. The molecule has 0 spiro atoms. The molecular weight excluding hydrogens is 492 g/mol. The van der Waals surface area contributed by atoms with E-state index in [1.807, 2.05) is 72.8 Å². The van der Waals surface area contributed by atoms with Crippen molar-refractivity contribution in [2.75, 3.05) is 11.4 Å². The number of para-hydroxylation sites is 1. The first kappa shape index (κ1) is 25.8. The van der Waals surface area contributed by atoms with Crippen molar-refractivity contribution < 1.29 is 24.3 Å². The minimum Gasteiger partial charge on any atom is -0.481 e. The number of carboxylic acid groups (broad SMARTS) is 1. The third-order valence-corrected chi connectivity index (χ3v) is 6.34. The van der Waals surface area contributed by atoms with E-state index in [1.54, 1.807) is 12.1 Å². The van der Waals surface area contributed by atoms with Gasteiger partial charge in [0, 0.05) is 16.0 Å². The lowest BCUT2D eigenvalue weighted by molar-refractivity contribution is -0.138. The van der Waals surface area contributed by atoms with E-state index in [0.717, 1.165) is 10.5 Å². The average molecular weight is 517 g/mol. The van der Waals surface area contributed by atoms with Crippen LogP contribution in [0, 0.1) is 0 Å². The van der Waals surface area contributed by atoms with Gasteiger partial charge in [0.15, 0.2) is 6.17 Å². The number of aldehydes is 1. The molecule has 1 heterocycles. The van der Waals surface area contributed by atoms with Crippen LogP contribution in [0.3, 0.4) is 0 Å². The third-order valence-electron chi connectivity index (χ3n) is 5.49. The molecule has 0 saturated carbocycles. The van der Waals surface area contributed by atoms with E-state index in [4.69, 9.17) is 10.1 Å². The monoisotopic (exact) mass is 516 g/mol. The Morgan fingerprint density at radius 3 is 2.32 bits per heavy atom. The number of carbonyl (C=O) groups is 4. The van der Waals surface area contributed by atoms with Crippen LogP contribution in [0.4, 0.5) is 5.69 Å². The number of carboxylic acids is 1. The molecule has 9 nitrogen and oxygen atoms in total. The summed E-state index contributed by atoms with van der Waals surface area (Å²) in [6.45, 7) is -0.425. The highest BCUT2D eigenvalue weighted by Gasteiger charge is 2.33. The smallest absolute Gasteiger partial charge is 0.305 e. The fraction of sp³-hybridized carbons (Fsp3) is 0.148. The van der Waals surface area contributed by atoms with Crippen molar-refractivity contribution in [1.29, 1.82) is 0 Å². The van der Waals surface area contributed by atoms with Crippen LogP contribution in [-0.4, -0.2) is 53.6 Å². The average Bonchev–Trinajstić information content (AvgIpc) is 3.02. The van der Waals surface area contributed by atoms with E-state index in [-0.39, 0.29) is 0 Å². The van der Waals surface area contributed by atoms with Gasteiger partial charge in [0.2, 0.25) is 5.91 Å². The summed E-state index contributed by atoms with van der Waals surface area (Å²) in [4.78, 5) is 55.9. The van der Waals surface area contributed by atoms with Crippen LogP contribution >= 0.6 is 11.9 Å². The van der Waals surface area contributed by atoms with Gasteiger partial charge in [0.05, 0.1) is 23.9 Å². The number of benzodiazepines with no additional fused rings is 1. The largest absolute Gasteiger partial charge is 0.481 e. The van der Waals surface area contributed by atoms with Gasteiger partial charge in [-0.05, 0) is 30.1 Å². The van der Waals surface area contributed by atoms with E-state index in [2.05, 4.69) is 10.0 Å². The summed E-state index contributed by atoms with van der Waals surface area (Å²) in [5, 5.41) is 11.4. The van der Waals surface area contributed by atoms with Crippen LogP contribution in [0.15, 0.2) is 94.8 Å². The highest BCUT2D eigenvalue weighted by molar-refractivity contribution is 7.97. The number of benzene rings is 3. The number of hydrogen-bond acceptors (Lipinski definition) is 7. The summed E-state index contributed by atoms with van der Waals surface area (Å²) >= 11 is 1.24. The lowest BCUT2D eigenvalue weighted by Gasteiger charge is -2.25. The second kappa shape index (κ2) is 12.1. The van der Waals surface area contributed by atoms with Gasteiger partial charge >= 0.3 is 5.97 Å². The van der Waals surface area contributed by atoms with Gasteiger partial charge in [-0.1, -0.05) is 66.7 Å². The number of nitrogens with zero attached hydrogens (tertiary/aromatic N) is 2. The van der Waals surface area contributed by atoms with Gasteiger partial charge < -0.3 is 15.2 Å². The summed E-state index contributed by atoms with van der Waals surface area (Å²) in [6.07, 6.45) is -1.23. The summed E-state index contributed by atoms with van der Waals surface area (Å²) in [5.74, 6) is -2.37. The van der Waals surface area contributed by atoms with E-state index in [1.165, 1.54) is 16.8 Å². The second-order valence-corrected chi connectivity index (χ2v) is 9.04. The van der Waals surface area contributed by atoms with Crippen molar-refractivity contribution in [3.63, 3.8) is 0 Å². The van der Waals surface area contributed by atoms with E-state index >= 15 is 0 Å². The highest BCUT2D eigenvalue weighted by Crippen LogP contribution is 2.29. The molecule has 0 aliphatic carbocycles. The molecule has 188 valence electrons. The molecule has 10 heteroatoms. The quantitative estimate of drug-likeness (QED) is 0.279. The summed E-state index contributed by atoms with van der Waals surface area (Å²) in [7, 11) is 0. The molecule has 3 N–H and O–H groups in total. The Bertz CT molecular complexity index is 1320. The zero-order valence-electron chi connectivity index (χ0n) is 19.6. The molecule has 0 bridgehead atoms. The van der Waals surface area contributed by atoms with Crippen LogP contribution in [0.2, 0.25) is 0 Å². The van der Waals surface area contributed by atoms with Crippen molar-refractivity contribution in [2.45, 2.75) is 23.5 Å². The maximum atomic E-state index is 13.8. The number of anilines is 1. The van der Waals surface area contributed by atoms with Crippen molar-refractivity contribution in [2.24, 2.45) is 4.99 Å². The maximum Gasteiger partial charge on any atom is 0.305 e. The SMILES string of the molecule is O=CC(CC(=O)O)NC(=O)CN1C(=O)C(NSc2ccccc2)N=C(c2ccccc2)c2ccccc21. The summed E-state index contributed by atoms with van der Waals surface area (Å²) in [6, 6.07) is 24.8. The first-order valence-corrected chi connectivity index (χ1v) is 12.3. The normalized spacial score (nSPS) is 15.7. The number of hydrogen-bond donors (Lipinski definition) is 3. The molecule has 1 aliphatic heterocycles. The minimum atomic E-state index is -1.23. The Kier molecular flexibility index (Phi) is 8.44. The second-order valence-electron chi connectivity index (χ2n) is 8.13. The molecule has 0 aromatic heterocycles. The molecule has 4 rings (SSSR count). The van der Waals surface area contributed by atoms with Crippen LogP contribution < -0.4 is 14.9 Å². The first-order valence-electron chi connectivity index (χ1n) is 11.4. The molecule has 2 unspecified atom stereocenters. The number of rotatable bonds is 10. The van der Waals surface area contributed by atoms with Gasteiger partial charge in [-0.15, -0.1) is 0 Å². The van der Waals surface area contributed by atoms with E-state index in [0.29, 0.717) is 23.2 Å². The fourth-order valence-corrected chi connectivity index (χ4v) is 4.52. The molecule has 2 atom stereocenters. The molecule has 0 saturated heterocycles. The van der Waals surface area contributed by atoms with Gasteiger partial charge in [-0.3, -0.25) is 24.3 Å². The lowest BCUT2D eigenvalue weighted by atomic mass is 10.0. The van der Waals surface area contributed by atoms with Gasteiger partial charge in [0.1, 0.15) is 12.8 Å². The van der Waals surface area contributed by atoms with Crippen LogP contribution in [0.5, 0.6) is 0 Å². The fourth-order valence-electron chi connectivity index (χ4n) is 3.83. The third kappa shape index (κ3) is 6.49. The molecule has 0 fully saturated rings. The Balaban J connectivity index is 1.70. The van der Waals surface area contributed by atoms with Crippen molar-refractivity contribution in [1.82, 2.24) is 10.0 Å². The molecular formula is C27H24N4O5S. The predicted octanol–water partition coefficient (Wildman–Crippen LogP) is 2.65. The Morgan fingerprint density at radius 1 is 1.00 bits per heavy atom. The molecule has 37 heavy (non-hydrogen) atoms. The minimum absolute atomic E-state index is 0.363. The van der Waals surface area contributed by atoms with E-state index < -0.39 is 43.0 Å². The summed E-state index contributed by atoms with van der Waals surface area (Å²) in [5.41, 5.74) is 2.50. The number of aliphatic imine (C=N–C) groups is 1. The zero-order valence-corrected chi connectivity index (χ0v) is 20.4. The topological polar surface area (TPSA) is 128 Å². The van der Waals surface area contributed by atoms with Crippen LogP contribution in [-0.2, 0) is 19.2 Å². The number of nitrogens with one attached hydrogen (secondary N) is 2.